The zero-order chi connectivity index (χ0) is 16.3. The molecule has 112 valence electrons. The van der Waals surface area contributed by atoms with Gasteiger partial charge in [0.25, 0.3) is 0 Å². The standard InChI is InChI=1S/C21H15ClO/c1-2-21(23,18-6-4-3-5-7-18)19-12-8-16(9-13-19)17-10-14-20(22)15-11-17/h1,3-15,23H. The molecule has 0 saturated heterocycles. The molecule has 0 aliphatic rings. The Labute approximate surface area is 141 Å². The monoisotopic (exact) mass is 318 g/mol. The van der Waals surface area contributed by atoms with Crippen LogP contribution in [0.15, 0.2) is 78.9 Å². The Morgan fingerprint density at radius 3 is 1.74 bits per heavy atom. The fraction of sp³-hybridized carbons (Fsp3) is 0.0476. The molecule has 0 aromatic heterocycles. The van der Waals surface area contributed by atoms with E-state index < -0.39 is 5.60 Å². The Morgan fingerprint density at radius 1 is 0.739 bits per heavy atom. The summed E-state index contributed by atoms with van der Waals surface area (Å²) in [4.78, 5) is 0. The maximum absolute atomic E-state index is 10.9. The van der Waals surface area contributed by atoms with Gasteiger partial charge in [0.05, 0.1) is 0 Å². The summed E-state index contributed by atoms with van der Waals surface area (Å²) in [5.74, 6) is 2.52. The minimum absolute atomic E-state index is 0.670. The summed E-state index contributed by atoms with van der Waals surface area (Å²) in [7, 11) is 0. The van der Waals surface area contributed by atoms with Gasteiger partial charge in [0.1, 0.15) is 0 Å². The Kier molecular flexibility index (Phi) is 4.21. The molecule has 0 spiro atoms. The Morgan fingerprint density at radius 2 is 1.22 bits per heavy atom. The van der Waals surface area contributed by atoms with Gasteiger partial charge < -0.3 is 5.11 Å². The number of aliphatic hydroxyl groups is 1. The third-order valence-electron chi connectivity index (χ3n) is 3.88. The number of terminal acetylenes is 1. The Hall–Kier alpha value is -2.53. The molecule has 0 amide bonds. The van der Waals surface area contributed by atoms with Crippen LogP contribution in [0.3, 0.4) is 0 Å². The van der Waals surface area contributed by atoms with E-state index in [1.807, 2.05) is 78.9 Å². The van der Waals surface area contributed by atoms with Crippen LogP contribution in [0.25, 0.3) is 11.1 Å². The van der Waals surface area contributed by atoms with Crippen LogP contribution in [-0.4, -0.2) is 5.11 Å². The predicted octanol–water partition coefficient (Wildman–Crippen LogP) is 4.88. The summed E-state index contributed by atoms with van der Waals surface area (Å²) >= 11 is 5.92. The third-order valence-corrected chi connectivity index (χ3v) is 4.13. The molecule has 0 radical (unpaired) electrons. The van der Waals surface area contributed by atoms with Crippen LogP contribution in [0, 0.1) is 12.3 Å². The molecule has 0 bridgehead atoms. The Balaban J connectivity index is 1.98. The number of benzene rings is 3. The van der Waals surface area contributed by atoms with Gasteiger partial charge in [-0.2, -0.15) is 0 Å². The van der Waals surface area contributed by atoms with Gasteiger partial charge in [-0.15, -0.1) is 6.42 Å². The van der Waals surface area contributed by atoms with Crippen molar-refractivity contribution in [1.29, 1.82) is 0 Å². The van der Waals surface area contributed by atoms with Crippen LogP contribution in [-0.2, 0) is 5.60 Å². The molecular formula is C21H15ClO. The molecule has 0 heterocycles. The lowest BCUT2D eigenvalue weighted by atomic mass is 9.86. The van der Waals surface area contributed by atoms with Crippen molar-refractivity contribution in [2.45, 2.75) is 5.60 Å². The lowest BCUT2D eigenvalue weighted by molar-refractivity contribution is 0.145. The second-order valence-corrected chi connectivity index (χ2v) is 5.74. The van der Waals surface area contributed by atoms with E-state index in [2.05, 4.69) is 5.92 Å². The van der Waals surface area contributed by atoms with Gasteiger partial charge in [-0.1, -0.05) is 84.3 Å². The molecular weight excluding hydrogens is 304 g/mol. The van der Waals surface area contributed by atoms with Gasteiger partial charge in [-0.3, -0.25) is 0 Å². The number of rotatable bonds is 3. The van der Waals surface area contributed by atoms with E-state index in [-0.39, 0.29) is 0 Å². The fourth-order valence-electron chi connectivity index (χ4n) is 2.56. The molecule has 3 aromatic carbocycles. The number of hydrogen-bond acceptors (Lipinski definition) is 1. The summed E-state index contributed by atoms with van der Waals surface area (Å²) in [6.07, 6.45) is 5.62. The van der Waals surface area contributed by atoms with Gasteiger partial charge in [-0.05, 0) is 23.3 Å². The highest BCUT2D eigenvalue weighted by atomic mass is 35.5. The van der Waals surface area contributed by atoms with E-state index >= 15 is 0 Å². The first-order chi connectivity index (χ1) is 11.1. The van der Waals surface area contributed by atoms with E-state index in [1.54, 1.807) is 0 Å². The fourth-order valence-corrected chi connectivity index (χ4v) is 2.68. The van der Waals surface area contributed by atoms with Gasteiger partial charge in [0.2, 0.25) is 0 Å². The van der Waals surface area contributed by atoms with E-state index in [1.165, 1.54) is 0 Å². The second-order valence-electron chi connectivity index (χ2n) is 5.31. The molecule has 0 saturated carbocycles. The molecule has 1 N–H and O–H groups in total. The van der Waals surface area contributed by atoms with Gasteiger partial charge in [0, 0.05) is 16.1 Å². The van der Waals surface area contributed by atoms with Crippen LogP contribution in [0.4, 0.5) is 0 Å². The predicted molar refractivity (Wildman–Crippen MR) is 95.2 cm³/mol. The van der Waals surface area contributed by atoms with Gasteiger partial charge in [-0.25, -0.2) is 0 Å². The van der Waals surface area contributed by atoms with E-state index in [4.69, 9.17) is 18.0 Å². The molecule has 0 aliphatic carbocycles. The molecule has 0 aliphatic heterocycles. The minimum Gasteiger partial charge on any atom is -0.369 e. The van der Waals surface area contributed by atoms with Crippen molar-refractivity contribution in [2.24, 2.45) is 0 Å². The first-order valence-corrected chi connectivity index (χ1v) is 7.63. The second kappa shape index (κ2) is 6.30. The summed E-state index contributed by atoms with van der Waals surface area (Å²) in [6.45, 7) is 0. The minimum atomic E-state index is -1.43. The molecule has 1 unspecified atom stereocenters. The first kappa shape index (κ1) is 15.4. The quantitative estimate of drug-likeness (QED) is 0.683. The highest BCUT2D eigenvalue weighted by Crippen LogP contribution is 2.31. The lowest BCUT2D eigenvalue weighted by Gasteiger charge is -2.23. The SMILES string of the molecule is C#CC(O)(c1ccccc1)c1ccc(-c2ccc(Cl)cc2)cc1. The summed E-state index contributed by atoms with van der Waals surface area (Å²) in [5, 5.41) is 11.6. The maximum atomic E-state index is 10.9. The van der Waals surface area contributed by atoms with Crippen molar-refractivity contribution in [3.63, 3.8) is 0 Å². The van der Waals surface area contributed by atoms with Crippen molar-refractivity contribution < 1.29 is 5.11 Å². The van der Waals surface area contributed by atoms with Gasteiger partial charge >= 0.3 is 0 Å². The zero-order valence-corrected chi connectivity index (χ0v) is 13.2. The molecule has 23 heavy (non-hydrogen) atoms. The van der Waals surface area contributed by atoms with Crippen LogP contribution < -0.4 is 0 Å². The molecule has 3 aromatic rings. The smallest absolute Gasteiger partial charge is 0.176 e. The average molecular weight is 319 g/mol. The summed E-state index contributed by atoms with van der Waals surface area (Å²) in [6, 6.07) is 24.5. The highest BCUT2D eigenvalue weighted by Gasteiger charge is 2.28. The molecule has 0 fully saturated rings. The van der Waals surface area contributed by atoms with E-state index in [0.29, 0.717) is 16.1 Å². The van der Waals surface area contributed by atoms with Crippen molar-refractivity contribution in [3.05, 3.63) is 95.0 Å². The topological polar surface area (TPSA) is 20.2 Å². The first-order valence-electron chi connectivity index (χ1n) is 7.25. The molecule has 3 rings (SSSR count). The zero-order valence-electron chi connectivity index (χ0n) is 12.4. The average Bonchev–Trinajstić information content (AvgIpc) is 2.62. The van der Waals surface area contributed by atoms with Crippen molar-refractivity contribution in [1.82, 2.24) is 0 Å². The summed E-state index contributed by atoms with van der Waals surface area (Å²) in [5.41, 5.74) is 2.02. The number of halogens is 1. The normalized spacial score (nSPS) is 13.1. The van der Waals surface area contributed by atoms with E-state index in [9.17, 15) is 5.11 Å². The molecule has 1 nitrogen and oxygen atoms in total. The largest absolute Gasteiger partial charge is 0.369 e. The maximum Gasteiger partial charge on any atom is 0.176 e. The van der Waals surface area contributed by atoms with Crippen LogP contribution in [0.1, 0.15) is 11.1 Å². The van der Waals surface area contributed by atoms with Crippen molar-refractivity contribution in [3.8, 4) is 23.5 Å². The molecule has 2 heteroatoms. The van der Waals surface area contributed by atoms with Gasteiger partial charge in [0.15, 0.2) is 5.60 Å². The van der Waals surface area contributed by atoms with Crippen LogP contribution >= 0.6 is 11.6 Å². The van der Waals surface area contributed by atoms with Crippen molar-refractivity contribution >= 4 is 11.6 Å². The van der Waals surface area contributed by atoms with E-state index in [0.717, 1.165) is 11.1 Å². The lowest BCUT2D eigenvalue weighted by Crippen LogP contribution is -2.24. The number of hydrogen-bond donors (Lipinski definition) is 1. The van der Waals surface area contributed by atoms with Crippen molar-refractivity contribution in [2.75, 3.05) is 0 Å². The van der Waals surface area contributed by atoms with Crippen LogP contribution in [0.5, 0.6) is 0 Å². The summed E-state index contributed by atoms with van der Waals surface area (Å²) < 4.78 is 0. The molecule has 1 atom stereocenters. The highest BCUT2D eigenvalue weighted by molar-refractivity contribution is 6.30. The third kappa shape index (κ3) is 3.00. The van der Waals surface area contributed by atoms with Crippen LogP contribution in [0.2, 0.25) is 5.02 Å². The Bertz CT molecular complexity index is 830.